The van der Waals surface area contributed by atoms with E-state index in [-0.39, 0.29) is 11.3 Å². The molecule has 0 spiro atoms. The summed E-state index contributed by atoms with van der Waals surface area (Å²) >= 11 is 0. The second-order valence-corrected chi connectivity index (χ2v) is 8.91. The molecule has 2 heterocycles. The molecule has 0 bridgehead atoms. The van der Waals surface area contributed by atoms with E-state index in [4.69, 9.17) is 5.14 Å². The van der Waals surface area contributed by atoms with Gasteiger partial charge in [0.15, 0.2) is 5.82 Å². The number of primary sulfonamides is 1. The Kier molecular flexibility index (Phi) is 5.94. The van der Waals surface area contributed by atoms with E-state index in [1.807, 2.05) is 0 Å². The van der Waals surface area contributed by atoms with Crippen LogP contribution < -0.4 is 5.14 Å². The number of rotatable bonds is 6. The van der Waals surface area contributed by atoms with Crippen molar-refractivity contribution in [3.05, 3.63) is 83.5 Å². The molecule has 1 aromatic heterocycles. The van der Waals surface area contributed by atoms with Crippen LogP contribution >= 0.6 is 0 Å². The van der Waals surface area contributed by atoms with Crippen molar-refractivity contribution < 1.29 is 17.2 Å². The molecular formula is C21H21F2N5O2S. The Morgan fingerprint density at radius 2 is 1.74 bits per heavy atom. The van der Waals surface area contributed by atoms with E-state index in [9.17, 15) is 17.2 Å². The minimum absolute atomic E-state index is 0.0227. The van der Waals surface area contributed by atoms with Crippen molar-refractivity contribution in [2.75, 3.05) is 13.1 Å². The van der Waals surface area contributed by atoms with E-state index >= 15 is 0 Å². The molecule has 3 aromatic rings. The predicted molar refractivity (Wildman–Crippen MR) is 111 cm³/mol. The van der Waals surface area contributed by atoms with Crippen LogP contribution in [0.3, 0.4) is 0 Å². The highest BCUT2D eigenvalue weighted by atomic mass is 32.2. The number of hydrogen-bond acceptors (Lipinski definition) is 5. The van der Waals surface area contributed by atoms with Crippen molar-refractivity contribution >= 4 is 10.0 Å². The number of nitrogens with zero attached hydrogens (tertiary/aromatic N) is 4. The smallest absolute Gasteiger partial charge is 0.238 e. The highest BCUT2D eigenvalue weighted by molar-refractivity contribution is 7.89. The van der Waals surface area contributed by atoms with Crippen molar-refractivity contribution in [3.8, 4) is 5.69 Å². The molecule has 162 valence electrons. The minimum Gasteiger partial charge on any atom is -0.292 e. The van der Waals surface area contributed by atoms with Gasteiger partial charge in [0.1, 0.15) is 17.5 Å². The molecule has 0 unspecified atom stereocenters. The average Bonchev–Trinajstić information content (AvgIpc) is 3.09. The lowest BCUT2D eigenvalue weighted by Gasteiger charge is -2.20. The third-order valence-electron chi connectivity index (χ3n) is 4.92. The molecule has 0 atom stereocenters. The van der Waals surface area contributed by atoms with Gasteiger partial charge in [-0.3, -0.25) is 4.90 Å². The predicted octanol–water partition coefficient (Wildman–Crippen LogP) is 2.55. The first-order chi connectivity index (χ1) is 14.8. The zero-order valence-corrected chi connectivity index (χ0v) is 17.4. The Balaban J connectivity index is 1.69. The maximum absolute atomic E-state index is 13.7. The Labute approximate surface area is 178 Å². The summed E-state index contributed by atoms with van der Waals surface area (Å²) < 4.78 is 52.0. The van der Waals surface area contributed by atoms with Gasteiger partial charge in [0.2, 0.25) is 10.0 Å². The largest absolute Gasteiger partial charge is 0.292 e. The van der Waals surface area contributed by atoms with Crippen LogP contribution in [0.25, 0.3) is 5.69 Å². The van der Waals surface area contributed by atoms with Gasteiger partial charge in [-0.15, -0.1) is 5.10 Å². The number of sulfonamides is 1. The van der Waals surface area contributed by atoms with Gasteiger partial charge in [-0.1, -0.05) is 12.2 Å². The lowest BCUT2D eigenvalue weighted by molar-refractivity contribution is 0.283. The number of halogens is 2. The van der Waals surface area contributed by atoms with E-state index in [0.29, 0.717) is 29.4 Å². The van der Waals surface area contributed by atoms with Gasteiger partial charge < -0.3 is 0 Å². The Morgan fingerprint density at radius 3 is 2.35 bits per heavy atom. The minimum atomic E-state index is -3.83. The molecule has 0 aliphatic carbocycles. The second kappa shape index (κ2) is 8.66. The van der Waals surface area contributed by atoms with E-state index in [1.165, 1.54) is 24.3 Å². The van der Waals surface area contributed by atoms with Crippen molar-refractivity contribution in [3.63, 3.8) is 0 Å². The van der Waals surface area contributed by atoms with Crippen LogP contribution in [0.2, 0.25) is 0 Å². The fraction of sp³-hybridized carbons (Fsp3) is 0.238. The fourth-order valence-electron chi connectivity index (χ4n) is 3.49. The van der Waals surface area contributed by atoms with Crippen LogP contribution in [-0.2, 0) is 23.0 Å². The van der Waals surface area contributed by atoms with Gasteiger partial charge in [-0.2, -0.15) is 0 Å². The molecule has 0 radical (unpaired) electrons. The number of aromatic nitrogens is 3. The lowest BCUT2D eigenvalue weighted by atomic mass is 10.1. The van der Waals surface area contributed by atoms with Crippen LogP contribution in [0.5, 0.6) is 0 Å². The first kappa shape index (κ1) is 21.3. The van der Waals surface area contributed by atoms with Crippen LogP contribution in [0.4, 0.5) is 8.78 Å². The van der Waals surface area contributed by atoms with E-state index in [1.54, 1.807) is 16.8 Å². The molecule has 0 saturated carbocycles. The van der Waals surface area contributed by atoms with Crippen LogP contribution in [0, 0.1) is 11.6 Å². The van der Waals surface area contributed by atoms with Gasteiger partial charge >= 0.3 is 0 Å². The summed E-state index contributed by atoms with van der Waals surface area (Å²) in [5.74, 6) is -0.286. The van der Waals surface area contributed by atoms with Crippen molar-refractivity contribution in [2.24, 2.45) is 5.14 Å². The van der Waals surface area contributed by atoms with Gasteiger partial charge in [0, 0.05) is 25.6 Å². The summed E-state index contributed by atoms with van der Waals surface area (Å²) in [5.41, 5.74) is 0.983. The summed E-state index contributed by atoms with van der Waals surface area (Å²) in [7, 11) is -3.83. The standard InChI is InChI=1S/C21H21F2N5O2S/c22-16-10-15(11-17(23)13-16)12-21-25-20(14-27-8-2-1-3-9-27)26-28(21)18-4-6-19(7-5-18)31(24,29)30/h1-2,4-7,10-11,13H,3,8-9,12,14H2,(H2,24,29,30). The summed E-state index contributed by atoms with van der Waals surface area (Å²) in [5, 5.41) is 9.75. The van der Waals surface area contributed by atoms with Crippen molar-refractivity contribution in [1.82, 2.24) is 19.7 Å². The summed E-state index contributed by atoms with van der Waals surface area (Å²) in [6.07, 6.45) is 5.31. The maximum atomic E-state index is 13.7. The molecule has 0 amide bonds. The molecule has 1 aliphatic heterocycles. The molecule has 2 N–H and O–H groups in total. The van der Waals surface area contributed by atoms with Crippen LogP contribution in [0.15, 0.2) is 59.5 Å². The number of hydrogen-bond donors (Lipinski definition) is 1. The topological polar surface area (TPSA) is 94.1 Å². The molecule has 2 aromatic carbocycles. The monoisotopic (exact) mass is 445 g/mol. The number of nitrogens with two attached hydrogens (primary N) is 1. The lowest BCUT2D eigenvalue weighted by Crippen LogP contribution is -2.27. The molecule has 31 heavy (non-hydrogen) atoms. The van der Waals surface area contributed by atoms with Gasteiger partial charge in [-0.25, -0.2) is 32.0 Å². The second-order valence-electron chi connectivity index (χ2n) is 7.34. The molecule has 0 saturated heterocycles. The number of benzene rings is 2. The molecular weight excluding hydrogens is 424 g/mol. The summed E-state index contributed by atoms with van der Waals surface area (Å²) in [6, 6.07) is 9.22. The first-order valence-electron chi connectivity index (χ1n) is 9.68. The van der Waals surface area contributed by atoms with Crippen molar-refractivity contribution in [2.45, 2.75) is 24.3 Å². The molecule has 1 aliphatic rings. The first-order valence-corrected chi connectivity index (χ1v) is 11.2. The molecule has 4 rings (SSSR count). The highest BCUT2D eigenvalue weighted by Crippen LogP contribution is 2.18. The highest BCUT2D eigenvalue weighted by Gasteiger charge is 2.17. The fourth-order valence-corrected chi connectivity index (χ4v) is 4.00. The normalized spacial score (nSPS) is 14.8. The van der Waals surface area contributed by atoms with Gasteiger partial charge in [0.05, 0.1) is 17.1 Å². The zero-order chi connectivity index (χ0) is 22.0. The third-order valence-corrected chi connectivity index (χ3v) is 5.85. The van der Waals surface area contributed by atoms with E-state index in [0.717, 1.165) is 25.6 Å². The Morgan fingerprint density at radius 1 is 1.03 bits per heavy atom. The average molecular weight is 445 g/mol. The summed E-state index contributed by atoms with van der Waals surface area (Å²) in [6.45, 7) is 2.21. The van der Waals surface area contributed by atoms with Crippen LogP contribution in [-0.4, -0.2) is 41.2 Å². The van der Waals surface area contributed by atoms with Crippen LogP contribution in [0.1, 0.15) is 23.6 Å². The zero-order valence-electron chi connectivity index (χ0n) is 16.6. The van der Waals surface area contributed by atoms with Gasteiger partial charge in [0.25, 0.3) is 0 Å². The Bertz CT molecular complexity index is 1200. The quantitative estimate of drug-likeness (QED) is 0.589. The van der Waals surface area contributed by atoms with E-state index in [2.05, 4.69) is 27.1 Å². The molecule has 7 nitrogen and oxygen atoms in total. The van der Waals surface area contributed by atoms with E-state index < -0.39 is 21.7 Å². The Hall–Kier alpha value is -2.95. The third kappa shape index (κ3) is 5.22. The molecule has 10 heteroatoms. The van der Waals surface area contributed by atoms with Crippen molar-refractivity contribution in [1.29, 1.82) is 0 Å². The van der Waals surface area contributed by atoms with Gasteiger partial charge in [-0.05, 0) is 48.4 Å². The SMILES string of the molecule is NS(=O)(=O)c1ccc(-n2nc(CN3CC=CCC3)nc2Cc2cc(F)cc(F)c2)cc1. The molecule has 0 fully saturated rings. The maximum Gasteiger partial charge on any atom is 0.238 e. The summed E-state index contributed by atoms with van der Waals surface area (Å²) in [4.78, 5) is 6.77.